The molecule has 2 fully saturated rings. The molecule has 2 saturated heterocycles. The van der Waals surface area contributed by atoms with Crippen LogP contribution in [-0.4, -0.2) is 106 Å². The number of carbonyl (C=O) groups excluding carboxylic acids is 2. The van der Waals surface area contributed by atoms with Crippen molar-refractivity contribution in [2.24, 2.45) is 0 Å². The molecule has 216 valence electrons. The normalized spacial score (nSPS) is 18.3. The van der Waals surface area contributed by atoms with E-state index in [4.69, 9.17) is 9.47 Å². The van der Waals surface area contributed by atoms with Crippen molar-refractivity contribution in [1.82, 2.24) is 29.4 Å². The molecule has 0 unspecified atom stereocenters. The second-order valence-electron chi connectivity index (χ2n) is 11.5. The maximum absolute atomic E-state index is 14.9. The van der Waals surface area contributed by atoms with Gasteiger partial charge in [-0.25, -0.2) is 22.4 Å². The smallest absolute Gasteiger partial charge is 0.410 e. The van der Waals surface area contributed by atoms with Crippen LogP contribution in [0.1, 0.15) is 58.9 Å². The SMILES string of the molecule is CC(C)c1cnn2c(NC3CCN(C(=O)OCC4(F)CN(C(=O)OC(C)(C)C)C4)CC3)nc(S(C)(=O)=O)nc12. The summed E-state index contributed by atoms with van der Waals surface area (Å²) in [4.78, 5) is 35.7. The molecule has 1 N–H and O–H groups in total. The Balaban J connectivity index is 1.31. The molecule has 2 aromatic rings. The number of fused-ring (bicyclic) bond motifs is 1. The van der Waals surface area contributed by atoms with Crippen LogP contribution in [0.4, 0.5) is 19.9 Å². The number of likely N-dealkylation sites (tertiary alicyclic amines) is 2. The van der Waals surface area contributed by atoms with E-state index in [-0.39, 0.29) is 36.2 Å². The van der Waals surface area contributed by atoms with Gasteiger partial charge in [-0.05, 0) is 39.5 Å². The number of aromatic nitrogens is 4. The molecule has 0 aliphatic carbocycles. The van der Waals surface area contributed by atoms with Gasteiger partial charge in [0.05, 0.1) is 19.3 Å². The van der Waals surface area contributed by atoms with Gasteiger partial charge in [-0.3, -0.25) is 0 Å². The molecule has 2 aliphatic rings. The zero-order valence-electron chi connectivity index (χ0n) is 23.1. The molecule has 4 rings (SSSR count). The lowest BCUT2D eigenvalue weighted by molar-refractivity contribution is -0.0784. The van der Waals surface area contributed by atoms with Gasteiger partial charge >= 0.3 is 12.2 Å². The van der Waals surface area contributed by atoms with Gasteiger partial charge in [0.1, 0.15) is 12.2 Å². The standard InChI is InChI=1S/C24H36FN7O6S/c1-15(2)17-11-26-32-18(17)28-20(39(6,35)36)29-19(32)27-16-7-9-30(10-8-16)21(33)37-14-24(25)12-31(13-24)22(34)38-23(3,4)5/h11,15-16H,7-10,12-14H2,1-6H3,(H,27,28,29). The molecule has 0 saturated carbocycles. The van der Waals surface area contributed by atoms with E-state index in [1.54, 1.807) is 27.0 Å². The Morgan fingerprint density at radius 2 is 1.79 bits per heavy atom. The summed E-state index contributed by atoms with van der Waals surface area (Å²) in [5.41, 5.74) is -1.26. The van der Waals surface area contributed by atoms with Gasteiger partial charge in [-0.1, -0.05) is 13.8 Å². The van der Waals surface area contributed by atoms with Crippen LogP contribution in [0.5, 0.6) is 0 Å². The van der Waals surface area contributed by atoms with Gasteiger partial charge in [-0.2, -0.15) is 19.6 Å². The Morgan fingerprint density at radius 3 is 2.36 bits per heavy atom. The van der Waals surface area contributed by atoms with Crippen LogP contribution in [0, 0.1) is 0 Å². The Morgan fingerprint density at radius 1 is 1.15 bits per heavy atom. The lowest BCUT2D eigenvalue weighted by Gasteiger charge is -2.44. The highest BCUT2D eigenvalue weighted by Crippen LogP contribution is 2.28. The number of carbonyl (C=O) groups is 2. The van der Waals surface area contributed by atoms with E-state index in [1.165, 1.54) is 14.3 Å². The van der Waals surface area contributed by atoms with Crippen LogP contribution >= 0.6 is 0 Å². The summed E-state index contributed by atoms with van der Waals surface area (Å²) < 4.78 is 51.2. The highest BCUT2D eigenvalue weighted by molar-refractivity contribution is 7.90. The summed E-state index contributed by atoms with van der Waals surface area (Å²) in [5, 5.41) is 7.31. The van der Waals surface area contributed by atoms with Gasteiger partial charge in [0.15, 0.2) is 11.3 Å². The van der Waals surface area contributed by atoms with Gasteiger partial charge in [0.25, 0.3) is 5.16 Å². The number of alkyl halides is 1. The predicted molar refractivity (Wildman–Crippen MR) is 139 cm³/mol. The molecular weight excluding hydrogens is 533 g/mol. The van der Waals surface area contributed by atoms with E-state index < -0.39 is 39.9 Å². The minimum Gasteiger partial charge on any atom is -0.446 e. The molecule has 0 bridgehead atoms. The maximum atomic E-state index is 14.9. The first-order valence-electron chi connectivity index (χ1n) is 12.9. The topological polar surface area (TPSA) is 148 Å². The molecule has 0 spiro atoms. The third-order valence-electron chi connectivity index (χ3n) is 6.47. The number of amides is 2. The molecule has 39 heavy (non-hydrogen) atoms. The maximum Gasteiger partial charge on any atom is 0.410 e. The fourth-order valence-electron chi connectivity index (χ4n) is 4.40. The molecule has 0 radical (unpaired) electrons. The van der Waals surface area contributed by atoms with Gasteiger partial charge in [0.2, 0.25) is 15.8 Å². The number of nitrogens with one attached hydrogen (secondary N) is 1. The van der Waals surface area contributed by atoms with Crippen molar-refractivity contribution in [3.05, 3.63) is 11.8 Å². The van der Waals surface area contributed by atoms with Crippen LogP contribution in [0.25, 0.3) is 5.65 Å². The predicted octanol–water partition coefficient (Wildman–Crippen LogP) is 2.62. The highest BCUT2D eigenvalue weighted by Gasteiger charge is 2.48. The summed E-state index contributed by atoms with van der Waals surface area (Å²) >= 11 is 0. The molecule has 0 atom stereocenters. The van der Waals surface area contributed by atoms with Crippen molar-refractivity contribution in [3.8, 4) is 0 Å². The van der Waals surface area contributed by atoms with Crippen LogP contribution in [-0.2, 0) is 19.3 Å². The number of anilines is 1. The number of ether oxygens (including phenoxy) is 2. The Labute approximate surface area is 227 Å². The van der Waals surface area contributed by atoms with Crippen molar-refractivity contribution < 1.29 is 31.9 Å². The molecule has 2 aromatic heterocycles. The molecule has 15 heteroatoms. The summed E-state index contributed by atoms with van der Waals surface area (Å²) in [6.07, 6.45) is 2.53. The second-order valence-corrected chi connectivity index (χ2v) is 13.4. The molecule has 13 nitrogen and oxygen atoms in total. The largest absolute Gasteiger partial charge is 0.446 e. The molecular formula is C24H36FN7O6S. The highest BCUT2D eigenvalue weighted by atomic mass is 32.2. The van der Waals surface area contributed by atoms with Gasteiger partial charge < -0.3 is 24.6 Å². The Hall–Kier alpha value is -3.23. The number of nitrogens with zero attached hydrogens (tertiary/aromatic N) is 6. The molecule has 0 aromatic carbocycles. The zero-order valence-corrected chi connectivity index (χ0v) is 23.9. The Kier molecular flexibility index (Phi) is 7.67. The van der Waals surface area contributed by atoms with Crippen LogP contribution < -0.4 is 5.32 Å². The Bertz CT molecular complexity index is 1340. The molecule has 2 amide bonds. The van der Waals surface area contributed by atoms with E-state index in [1.807, 2.05) is 13.8 Å². The van der Waals surface area contributed by atoms with Crippen LogP contribution in [0.3, 0.4) is 0 Å². The van der Waals surface area contributed by atoms with Crippen LogP contribution in [0.15, 0.2) is 11.4 Å². The van der Waals surface area contributed by atoms with Gasteiger partial charge in [-0.15, -0.1) is 0 Å². The fourth-order valence-corrected chi connectivity index (χ4v) is 4.90. The van der Waals surface area contributed by atoms with Crippen molar-refractivity contribution in [3.63, 3.8) is 0 Å². The molecule has 4 heterocycles. The van der Waals surface area contributed by atoms with Crippen molar-refractivity contribution >= 4 is 33.6 Å². The lowest BCUT2D eigenvalue weighted by Crippen LogP contribution is -2.64. The van der Waals surface area contributed by atoms with E-state index in [0.717, 1.165) is 11.8 Å². The first kappa shape index (κ1) is 28.8. The summed E-state index contributed by atoms with van der Waals surface area (Å²) in [6.45, 7) is 8.98. The number of hydrogen-bond acceptors (Lipinski definition) is 10. The summed E-state index contributed by atoms with van der Waals surface area (Å²) in [5.74, 6) is 0.336. The summed E-state index contributed by atoms with van der Waals surface area (Å²) in [6, 6.07) is -0.118. The monoisotopic (exact) mass is 569 g/mol. The average Bonchev–Trinajstić information content (AvgIpc) is 3.24. The van der Waals surface area contributed by atoms with Crippen molar-refractivity contribution in [1.29, 1.82) is 0 Å². The minimum absolute atomic E-state index is 0.0793. The first-order valence-corrected chi connectivity index (χ1v) is 14.7. The van der Waals surface area contributed by atoms with Gasteiger partial charge in [0, 0.05) is 31.0 Å². The fraction of sp³-hybridized carbons (Fsp3) is 0.708. The third kappa shape index (κ3) is 6.68. The van der Waals surface area contributed by atoms with Crippen molar-refractivity contribution in [2.45, 2.75) is 75.8 Å². The van der Waals surface area contributed by atoms with E-state index in [2.05, 4.69) is 20.4 Å². The van der Waals surface area contributed by atoms with Crippen molar-refractivity contribution in [2.75, 3.05) is 44.4 Å². The molecule has 2 aliphatic heterocycles. The first-order chi connectivity index (χ1) is 18.0. The van der Waals surface area contributed by atoms with E-state index in [0.29, 0.717) is 31.6 Å². The van der Waals surface area contributed by atoms with E-state index >= 15 is 0 Å². The zero-order chi connectivity index (χ0) is 28.8. The second kappa shape index (κ2) is 10.4. The lowest BCUT2D eigenvalue weighted by atomic mass is 9.98. The minimum atomic E-state index is -3.66. The van der Waals surface area contributed by atoms with Crippen LogP contribution in [0.2, 0.25) is 0 Å². The number of sulfone groups is 1. The number of rotatable bonds is 6. The summed E-state index contributed by atoms with van der Waals surface area (Å²) in [7, 11) is -3.66. The quantitative estimate of drug-likeness (QED) is 0.550. The average molecular weight is 570 g/mol. The van der Waals surface area contributed by atoms with E-state index in [9.17, 15) is 22.4 Å². The number of halogens is 1. The number of piperidine rings is 1. The number of hydrogen-bond donors (Lipinski definition) is 1. The third-order valence-corrected chi connectivity index (χ3v) is 7.32.